The van der Waals surface area contributed by atoms with Crippen LogP contribution in [0.25, 0.3) is 0 Å². The van der Waals surface area contributed by atoms with Crippen molar-refractivity contribution in [2.24, 2.45) is 0 Å². The molecule has 0 aliphatic heterocycles. The van der Waals surface area contributed by atoms with Crippen LogP contribution >= 0.6 is 0 Å². The molecular formula is C22H21N5O3. The SMILES string of the molecule is CCOc1nc(Nc2ccc(C(=O)Nc3ccc(OC)cc3)cc2)cc(N)c1C#N. The van der Waals surface area contributed by atoms with Crippen LogP contribution in [0.3, 0.4) is 0 Å². The second-order valence-corrected chi connectivity index (χ2v) is 6.21. The predicted octanol–water partition coefficient (Wildman–Crippen LogP) is 3.94. The highest BCUT2D eigenvalue weighted by Crippen LogP contribution is 2.27. The van der Waals surface area contributed by atoms with Gasteiger partial charge in [-0.1, -0.05) is 0 Å². The van der Waals surface area contributed by atoms with Gasteiger partial charge in [0, 0.05) is 23.0 Å². The number of nitrogens with zero attached hydrogens (tertiary/aromatic N) is 2. The van der Waals surface area contributed by atoms with E-state index >= 15 is 0 Å². The minimum atomic E-state index is -0.230. The summed E-state index contributed by atoms with van der Waals surface area (Å²) in [6.45, 7) is 2.16. The Balaban J connectivity index is 1.71. The molecule has 0 unspecified atom stereocenters. The van der Waals surface area contributed by atoms with Crippen LogP contribution in [0.2, 0.25) is 0 Å². The van der Waals surface area contributed by atoms with Gasteiger partial charge in [-0.05, 0) is 55.5 Å². The number of hydrogen-bond donors (Lipinski definition) is 3. The van der Waals surface area contributed by atoms with E-state index in [9.17, 15) is 10.1 Å². The van der Waals surface area contributed by atoms with Crippen LogP contribution in [0, 0.1) is 11.3 Å². The molecule has 0 aliphatic rings. The lowest BCUT2D eigenvalue weighted by atomic mass is 10.2. The normalized spacial score (nSPS) is 10.0. The maximum atomic E-state index is 12.4. The number of ether oxygens (including phenoxy) is 2. The smallest absolute Gasteiger partial charge is 0.255 e. The monoisotopic (exact) mass is 403 g/mol. The lowest BCUT2D eigenvalue weighted by Crippen LogP contribution is -2.11. The number of amides is 1. The molecule has 0 bridgehead atoms. The lowest BCUT2D eigenvalue weighted by molar-refractivity contribution is 0.102. The minimum Gasteiger partial charge on any atom is -0.497 e. The van der Waals surface area contributed by atoms with Crippen LogP contribution < -0.4 is 25.8 Å². The van der Waals surface area contributed by atoms with Gasteiger partial charge in [-0.15, -0.1) is 0 Å². The summed E-state index contributed by atoms with van der Waals surface area (Å²) in [7, 11) is 1.59. The molecule has 152 valence electrons. The number of aromatic nitrogens is 1. The Morgan fingerprint density at radius 2 is 1.80 bits per heavy atom. The van der Waals surface area contributed by atoms with E-state index in [1.165, 1.54) is 0 Å². The molecule has 1 heterocycles. The third kappa shape index (κ3) is 4.77. The summed E-state index contributed by atoms with van der Waals surface area (Å²) >= 11 is 0. The quantitative estimate of drug-likeness (QED) is 0.546. The van der Waals surface area contributed by atoms with Gasteiger partial charge in [-0.3, -0.25) is 4.79 Å². The zero-order chi connectivity index (χ0) is 21.5. The Labute approximate surface area is 174 Å². The Morgan fingerprint density at radius 3 is 2.40 bits per heavy atom. The summed E-state index contributed by atoms with van der Waals surface area (Å²) in [6.07, 6.45) is 0. The van der Waals surface area contributed by atoms with Crippen LogP contribution in [0.15, 0.2) is 54.6 Å². The molecule has 8 heteroatoms. The number of anilines is 4. The van der Waals surface area contributed by atoms with Crippen LogP contribution in [-0.2, 0) is 0 Å². The molecule has 0 saturated carbocycles. The number of hydrogen-bond acceptors (Lipinski definition) is 7. The Morgan fingerprint density at radius 1 is 1.13 bits per heavy atom. The average molecular weight is 403 g/mol. The van der Waals surface area contributed by atoms with Crippen molar-refractivity contribution >= 4 is 28.8 Å². The third-order valence-corrected chi connectivity index (χ3v) is 4.18. The van der Waals surface area contributed by atoms with Crippen LogP contribution in [0.1, 0.15) is 22.8 Å². The Bertz CT molecular complexity index is 1070. The number of rotatable bonds is 7. The van der Waals surface area contributed by atoms with Gasteiger partial charge in [0.2, 0.25) is 5.88 Å². The summed E-state index contributed by atoms with van der Waals surface area (Å²) in [6, 6.07) is 17.5. The highest BCUT2D eigenvalue weighted by Gasteiger charge is 2.12. The first kappa shape index (κ1) is 20.5. The number of nitrogens with one attached hydrogen (secondary N) is 2. The van der Waals surface area contributed by atoms with E-state index in [-0.39, 0.29) is 23.0 Å². The van der Waals surface area contributed by atoms with Gasteiger partial charge in [0.1, 0.15) is 23.2 Å². The maximum absolute atomic E-state index is 12.4. The zero-order valence-corrected chi connectivity index (χ0v) is 16.6. The lowest BCUT2D eigenvalue weighted by Gasteiger charge is -2.12. The third-order valence-electron chi connectivity index (χ3n) is 4.18. The summed E-state index contributed by atoms with van der Waals surface area (Å²) in [4.78, 5) is 16.7. The van der Waals surface area contributed by atoms with E-state index < -0.39 is 0 Å². The minimum absolute atomic E-state index is 0.179. The highest BCUT2D eigenvalue weighted by atomic mass is 16.5. The first-order valence-electron chi connectivity index (χ1n) is 9.20. The number of carbonyl (C=O) groups excluding carboxylic acids is 1. The van der Waals surface area contributed by atoms with Gasteiger partial charge in [-0.25, -0.2) is 0 Å². The first-order chi connectivity index (χ1) is 14.5. The van der Waals surface area contributed by atoms with E-state index in [4.69, 9.17) is 15.2 Å². The molecule has 8 nitrogen and oxygen atoms in total. The van der Waals surface area contributed by atoms with Crippen molar-refractivity contribution < 1.29 is 14.3 Å². The van der Waals surface area contributed by atoms with Gasteiger partial charge in [0.15, 0.2) is 0 Å². The molecule has 30 heavy (non-hydrogen) atoms. The average Bonchev–Trinajstić information content (AvgIpc) is 2.75. The second kappa shape index (κ2) is 9.30. The van der Waals surface area contributed by atoms with Gasteiger partial charge in [-0.2, -0.15) is 10.2 Å². The summed E-state index contributed by atoms with van der Waals surface area (Å²) < 4.78 is 10.5. The topological polar surface area (TPSA) is 122 Å². The molecule has 0 fully saturated rings. The molecule has 0 spiro atoms. The number of nitrogen functional groups attached to an aromatic ring is 1. The number of methoxy groups -OCH3 is 1. The second-order valence-electron chi connectivity index (χ2n) is 6.21. The van der Waals surface area contributed by atoms with Crippen molar-refractivity contribution in [1.29, 1.82) is 5.26 Å². The molecule has 2 aromatic carbocycles. The van der Waals surface area contributed by atoms with Crippen molar-refractivity contribution in [2.45, 2.75) is 6.92 Å². The molecule has 3 rings (SSSR count). The molecule has 0 saturated heterocycles. The molecule has 0 radical (unpaired) electrons. The highest BCUT2D eigenvalue weighted by molar-refractivity contribution is 6.04. The summed E-state index contributed by atoms with van der Waals surface area (Å²) in [5.74, 6) is 1.10. The van der Waals surface area contributed by atoms with Crippen molar-refractivity contribution in [3.63, 3.8) is 0 Å². The maximum Gasteiger partial charge on any atom is 0.255 e. The molecule has 1 amide bonds. The van der Waals surface area contributed by atoms with Crippen LogP contribution in [-0.4, -0.2) is 24.6 Å². The standard InChI is InChI=1S/C22H21N5O3/c1-3-30-22-18(13-23)19(24)12-20(27-22)25-15-6-4-14(5-7-15)21(28)26-16-8-10-17(29-2)11-9-16/h4-12H,3H2,1-2H3,(H,26,28)(H3,24,25,27). The van der Waals surface area contributed by atoms with E-state index in [2.05, 4.69) is 15.6 Å². The van der Waals surface area contributed by atoms with Gasteiger partial charge in [0.05, 0.1) is 19.4 Å². The van der Waals surface area contributed by atoms with Gasteiger partial charge >= 0.3 is 0 Å². The van der Waals surface area contributed by atoms with Gasteiger partial charge < -0.3 is 25.8 Å². The van der Waals surface area contributed by atoms with Crippen LogP contribution in [0.5, 0.6) is 11.6 Å². The molecule has 3 aromatic rings. The Kier molecular flexibility index (Phi) is 6.35. The predicted molar refractivity (Wildman–Crippen MR) is 115 cm³/mol. The molecule has 0 aliphatic carbocycles. The van der Waals surface area contributed by atoms with E-state index in [0.717, 1.165) is 0 Å². The van der Waals surface area contributed by atoms with Crippen molar-refractivity contribution in [3.05, 3.63) is 65.7 Å². The molecular weight excluding hydrogens is 382 g/mol. The van der Waals surface area contributed by atoms with E-state index in [1.54, 1.807) is 68.6 Å². The van der Waals surface area contributed by atoms with Gasteiger partial charge in [0.25, 0.3) is 5.91 Å². The van der Waals surface area contributed by atoms with E-state index in [1.807, 2.05) is 6.07 Å². The molecule has 4 N–H and O–H groups in total. The van der Waals surface area contributed by atoms with Crippen molar-refractivity contribution in [3.8, 4) is 17.7 Å². The van der Waals surface area contributed by atoms with Crippen LogP contribution in [0.4, 0.5) is 22.9 Å². The van der Waals surface area contributed by atoms with Crippen molar-refractivity contribution in [1.82, 2.24) is 4.98 Å². The van der Waals surface area contributed by atoms with Crippen molar-refractivity contribution in [2.75, 3.05) is 30.1 Å². The number of carbonyl (C=O) groups is 1. The Hall–Kier alpha value is -4.25. The summed E-state index contributed by atoms with van der Waals surface area (Å²) in [5, 5.41) is 15.1. The fourth-order valence-corrected chi connectivity index (χ4v) is 2.69. The zero-order valence-electron chi connectivity index (χ0n) is 16.6. The summed E-state index contributed by atoms with van der Waals surface area (Å²) in [5.41, 5.74) is 8.28. The number of nitriles is 1. The largest absolute Gasteiger partial charge is 0.497 e. The number of pyridine rings is 1. The number of benzene rings is 2. The molecule has 0 atom stereocenters. The molecule has 1 aromatic heterocycles. The first-order valence-corrected chi connectivity index (χ1v) is 9.20. The fourth-order valence-electron chi connectivity index (χ4n) is 2.69. The fraction of sp³-hybridized carbons (Fsp3) is 0.136. The number of nitrogens with two attached hydrogens (primary N) is 1. The van der Waals surface area contributed by atoms with E-state index in [0.29, 0.717) is 35.1 Å².